The van der Waals surface area contributed by atoms with Crippen molar-refractivity contribution >= 4 is 28.6 Å². The van der Waals surface area contributed by atoms with Crippen molar-refractivity contribution < 1.29 is 9.90 Å². The Morgan fingerprint density at radius 1 is 1.24 bits per heavy atom. The summed E-state index contributed by atoms with van der Waals surface area (Å²) in [5, 5.41) is 12.2. The molecular formula is C18H16ClN3O3. The van der Waals surface area contributed by atoms with Gasteiger partial charge in [-0.3, -0.25) is 9.36 Å². The van der Waals surface area contributed by atoms with Crippen LogP contribution in [0.3, 0.4) is 0 Å². The summed E-state index contributed by atoms with van der Waals surface area (Å²) in [4.78, 5) is 28.8. The second kappa shape index (κ2) is 6.94. The van der Waals surface area contributed by atoms with Crippen LogP contribution in [-0.4, -0.2) is 20.8 Å². The summed E-state index contributed by atoms with van der Waals surface area (Å²) in [6.07, 6.45) is -0.732. The molecule has 0 spiro atoms. The molecule has 1 heterocycles. The van der Waals surface area contributed by atoms with E-state index in [0.717, 1.165) is 0 Å². The van der Waals surface area contributed by atoms with Crippen molar-refractivity contribution in [2.24, 2.45) is 0 Å². The van der Waals surface area contributed by atoms with Gasteiger partial charge in [-0.25, -0.2) is 9.78 Å². The van der Waals surface area contributed by atoms with Crippen molar-refractivity contribution in [2.45, 2.75) is 19.4 Å². The van der Waals surface area contributed by atoms with E-state index in [1.54, 1.807) is 42.5 Å². The molecule has 3 rings (SSSR count). The first kappa shape index (κ1) is 17.0. The lowest BCUT2D eigenvalue weighted by Gasteiger charge is -2.20. The van der Waals surface area contributed by atoms with Crippen molar-refractivity contribution in [3.63, 3.8) is 0 Å². The molecule has 0 fully saturated rings. The van der Waals surface area contributed by atoms with Crippen LogP contribution in [0.15, 0.2) is 53.3 Å². The second-order valence-electron chi connectivity index (χ2n) is 5.49. The number of para-hydroxylation sites is 1. The third kappa shape index (κ3) is 3.21. The fourth-order valence-electron chi connectivity index (χ4n) is 2.77. The number of rotatable bonds is 4. The maximum atomic E-state index is 13.1. The summed E-state index contributed by atoms with van der Waals surface area (Å²) in [6, 6.07) is 13.4. The van der Waals surface area contributed by atoms with E-state index in [2.05, 4.69) is 10.3 Å². The number of nitrogens with one attached hydrogen (secondary N) is 1. The zero-order valence-electron chi connectivity index (χ0n) is 13.4. The predicted molar refractivity (Wildman–Crippen MR) is 96.5 cm³/mol. The van der Waals surface area contributed by atoms with Gasteiger partial charge in [-0.1, -0.05) is 42.8 Å². The Hall–Kier alpha value is -2.86. The van der Waals surface area contributed by atoms with Crippen LogP contribution in [-0.2, 0) is 0 Å². The fourth-order valence-corrected chi connectivity index (χ4v) is 3.02. The molecule has 0 aliphatic heterocycles. The normalized spacial score (nSPS) is 12.1. The van der Waals surface area contributed by atoms with Crippen molar-refractivity contribution in [3.05, 3.63) is 69.7 Å². The van der Waals surface area contributed by atoms with Crippen LogP contribution in [0.5, 0.6) is 0 Å². The van der Waals surface area contributed by atoms with Crippen LogP contribution in [0, 0.1) is 0 Å². The zero-order valence-corrected chi connectivity index (χ0v) is 14.2. The minimum atomic E-state index is -1.17. The highest BCUT2D eigenvalue weighted by molar-refractivity contribution is 6.35. The van der Waals surface area contributed by atoms with E-state index in [1.165, 1.54) is 4.57 Å². The number of halogens is 1. The maximum absolute atomic E-state index is 13.1. The number of fused-ring (bicyclic) bond motifs is 1. The summed E-state index contributed by atoms with van der Waals surface area (Å²) in [5.41, 5.74) is 0.704. The highest BCUT2D eigenvalue weighted by Crippen LogP contribution is 2.23. The number of hydrogen-bond acceptors (Lipinski definition) is 3. The molecule has 1 atom stereocenters. The molecule has 0 bridgehead atoms. The molecule has 0 radical (unpaired) electrons. The number of amides is 1. The molecule has 7 heteroatoms. The molecule has 0 aliphatic rings. The smallest absolute Gasteiger partial charge is 0.405 e. The SMILES string of the molecule is CC[C@H](NC(=O)O)c1nc2cccc(Cl)c2c(=O)n1-c1ccccc1. The molecular weight excluding hydrogens is 342 g/mol. The van der Waals surface area contributed by atoms with E-state index in [1.807, 2.05) is 13.0 Å². The van der Waals surface area contributed by atoms with Gasteiger partial charge in [-0.05, 0) is 30.7 Å². The molecule has 0 saturated heterocycles. The summed E-state index contributed by atoms with van der Waals surface area (Å²) in [6.45, 7) is 1.82. The Morgan fingerprint density at radius 2 is 1.96 bits per heavy atom. The summed E-state index contributed by atoms with van der Waals surface area (Å²) >= 11 is 6.21. The number of aromatic nitrogens is 2. The van der Waals surface area contributed by atoms with Gasteiger partial charge in [0.2, 0.25) is 0 Å². The molecule has 2 N–H and O–H groups in total. The van der Waals surface area contributed by atoms with E-state index in [4.69, 9.17) is 16.7 Å². The van der Waals surface area contributed by atoms with Gasteiger partial charge < -0.3 is 10.4 Å². The van der Waals surface area contributed by atoms with Crippen molar-refractivity contribution in [1.82, 2.24) is 14.9 Å². The second-order valence-corrected chi connectivity index (χ2v) is 5.90. The van der Waals surface area contributed by atoms with Gasteiger partial charge in [-0.15, -0.1) is 0 Å². The Bertz CT molecular complexity index is 986. The van der Waals surface area contributed by atoms with Crippen LogP contribution in [0.4, 0.5) is 4.79 Å². The highest BCUT2D eigenvalue weighted by atomic mass is 35.5. The molecule has 3 aromatic rings. The van der Waals surface area contributed by atoms with Gasteiger partial charge in [0.05, 0.1) is 27.7 Å². The third-order valence-electron chi connectivity index (χ3n) is 3.90. The quantitative estimate of drug-likeness (QED) is 0.744. The van der Waals surface area contributed by atoms with Gasteiger partial charge in [0, 0.05) is 0 Å². The molecule has 0 unspecified atom stereocenters. The summed E-state index contributed by atoms with van der Waals surface area (Å²) in [5.74, 6) is 0.330. The van der Waals surface area contributed by atoms with Crippen LogP contribution in [0.2, 0.25) is 5.02 Å². The van der Waals surface area contributed by atoms with Gasteiger partial charge >= 0.3 is 6.09 Å². The van der Waals surface area contributed by atoms with E-state index in [9.17, 15) is 9.59 Å². The largest absolute Gasteiger partial charge is 0.465 e. The minimum Gasteiger partial charge on any atom is -0.465 e. The Morgan fingerprint density at radius 3 is 2.60 bits per heavy atom. The average Bonchev–Trinajstić information content (AvgIpc) is 2.60. The maximum Gasteiger partial charge on any atom is 0.405 e. The molecule has 0 aliphatic carbocycles. The molecule has 6 nitrogen and oxygen atoms in total. The predicted octanol–water partition coefficient (Wildman–Crippen LogP) is 3.76. The first-order valence-electron chi connectivity index (χ1n) is 7.79. The molecule has 1 aromatic heterocycles. The topological polar surface area (TPSA) is 84.2 Å². The number of carbonyl (C=O) groups is 1. The molecule has 2 aromatic carbocycles. The van der Waals surface area contributed by atoms with E-state index < -0.39 is 12.1 Å². The standard InChI is InChI=1S/C18H16ClN3O3/c1-2-13(21-18(24)25)16-20-14-10-6-9-12(19)15(14)17(23)22(16)11-7-4-3-5-8-11/h3-10,13,21H,2H2,1H3,(H,24,25)/t13-/m0/s1. The highest BCUT2D eigenvalue weighted by Gasteiger charge is 2.22. The van der Waals surface area contributed by atoms with Gasteiger partial charge in [-0.2, -0.15) is 0 Å². The zero-order chi connectivity index (χ0) is 18.0. The molecule has 0 saturated carbocycles. The van der Waals surface area contributed by atoms with Gasteiger partial charge in [0.15, 0.2) is 0 Å². The number of hydrogen-bond donors (Lipinski definition) is 2. The summed E-state index contributed by atoms with van der Waals surface area (Å²) < 4.78 is 1.41. The first-order chi connectivity index (χ1) is 12.0. The number of benzene rings is 2. The van der Waals surface area contributed by atoms with Crippen LogP contribution in [0.1, 0.15) is 25.2 Å². The monoisotopic (exact) mass is 357 g/mol. The molecule has 25 heavy (non-hydrogen) atoms. The lowest BCUT2D eigenvalue weighted by atomic mass is 10.1. The molecule has 128 valence electrons. The molecule has 1 amide bonds. The van der Waals surface area contributed by atoms with E-state index >= 15 is 0 Å². The van der Waals surface area contributed by atoms with Gasteiger partial charge in [0.25, 0.3) is 5.56 Å². The van der Waals surface area contributed by atoms with Crippen LogP contribution in [0.25, 0.3) is 16.6 Å². The number of carboxylic acid groups (broad SMARTS) is 1. The summed E-state index contributed by atoms with van der Waals surface area (Å²) in [7, 11) is 0. The minimum absolute atomic E-state index is 0.307. The van der Waals surface area contributed by atoms with Crippen molar-refractivity contribution in [1.29, 1.82) is 0 Å². The Balaban J connectivity index is 2.38. The van der Waals surface area contributed by atoms with Crippen LogP contribution < -0.4 is 10.9 Å². The van der Waals surface area contributed by atoms with E-state index in [-0.39, 0.29) is 5.56 Å². The van der Waals surface area contributed by atoms with Gasteiger partial charge in [0.1, 0.15) is 5.82 Å². The van der Waals surface area contributed by atoms with Crippen molar-refractivity contribution in [3.8, 4) is 5.69 Å². The number of nitrogens with zero attached hydrogens (tertiary/aromatic N) is 2. The first-order valence-corrected chi connectivity index (χ1v) is 8.16. The van der Waals surface area contributed by atoms with Crippen molar-refractivity contribution in [2.75, 3.05) is 0 Å². The Labute approximate surface area is 148 Å². The lowest BCUT2D eigenvalue weighted by Crippen LogP contribution is -2.33. The fraction of sp³-hybridized carbons (Fsp3) is 0.167. The third-order valence-corrected chi connectivity index (χ3v) is 4.22. The Kier molecular flexibility index (Phi) is 4.72. The van der Waals surface area contributed by atoms with E-state index in [0.29, 0.717) is 33.9 Å². The lowest BCUT2D eigenvalue weighted by molar-refractivity contribution is 0.188. The van der Waals surface area contributed by atoms with Crippen LogP contribution >= 0.6 is 11.6 Å². The average molecular weight is 358 g/mol.